The molecule has 72 valence electrons. The van der Waals surface area contributed by atoms with E-state index in [1.807, 2.05) is 18.2 Å². The van der Waals surface area contributed by atoms with Gasteiger partial charge in [0.15, 0.2) is 5.17 Å². The lowest BCUT2D eigenvalue weighted by Crippen LogP contribution is -2.03. The van der Waals surface area contributed by atoms with Gasteiger partial charge in [-0.05, 0) is 12.0 Å². The van der Waals surface area contributed by atoms with Crippen LogP contribution in [0.15, 0.2) is 35.3 Å². The predicted molar refractivity (Wildman–Crippen MR) is 62.2 cm³/mol. The molecule has 1 aromatic rings. The third kappa shape index (κ3) is 1.73. The smallest absolute Gasteiger partial charge is 0.181 e. The molecule has 14 heavy (non-hydrogen) atoms. The molecule has 1 atom stereocenters. The fourth-order valence-electron chi connectivity index (χ4n) is 1.55. The van der Waals surface area contributed by atoms with Crippen molar-refractivity contribution in [3.05, 3.63) is 35.9 Å². The van der Waals surface area contributed by atoms with Crippen LogP contribution in [0.4, 0.5) is 0 Å². The van der Waals surface area contributed by atoms with Gasteiger partial charge in [-0.3, -0.25) is 5.41 Å². The van der Waals surface area contributed by atoms with Gasteiger partial charge in [0.2, 0.25) is 0 Å². The first-order chi connectivity index (χ1) is 6.81. The average Bonchev–Trinajstić information content (AvgIpc) is 2.61. The van der Waals surface area contributed by atoms with Gasteiger partial charge >= 0.3 is 0 Å². The fourth-order valence-corrected chi connectivity index (χ4v) is 2.59. The Hall–Kier alpha value is -1.09. The Morgan fingerprint density at radius 2 is 2.07 bits per heavy atom. The standard InChI is InChI=1S/C11H12N2S/c1-2-9-10(14-11(12)13-9)8-6-4-3-5-7-8/h3-7,10,12H,2H2,1H3. The normalized spacial score (nSPS) is 21.1. The second-order valence-corrected chi connectivity index (χ2v) is 4.26. The van der Waals surface area contributed by atoms with Crippen molar-refractivity contribution in [1.29, 1.82) is 5.41 Å². The van der Waals surface area contributed by atoms with Crippen molar-refractivity contribution in [3.8, 4) is 0 Å². The second-order valence-electron chi connectivity index (χ2n) is 3.17. The molecular weight excluding hydrogens is 192 g/mol. The third-order valence-corrected chi connectivity index (χ3v) is 3.34. The molecule has 0 amide bonds. The number of amidine groups is 1. The lowest BCUT2D eigenvalue weighted by molar-refractivity contribution is 1.18. The molecule has 1 unspecified atom stereocenters. The Bertz CT molecular complexity index is 370. The molecule has 1 aliphatic rings. The van der Waals surface area contributed by atoms with Gasteiger partial charge in [-0.1, -0.05) is 49.0 Å². The second kappa shape index (κ2) is 3.96. The minimum atomic E-state index is 0.272. The first-order valence-corrected chi connectivity index (χ1v) is 5.57. The van der Waals surface area contributed by atoms with Crippen LogP contribution >= 0.6 is 11.8 Å². The summed E-state index contributed by atoms with van der Waals surface area (Å²) in [5, 5.41) is 8.25. The van der Waals surface area contributed by atoms with Crippen molar-refractivity contribution in [3.63, 3.8) is 0 Å². The van der Waals surface area contributed by atoms with Gasteiger partial charge in [-0.25, -0.2) is 4.99 Å². The average molecular weight is 204 g/mol. The van der Waals surface area contributed by atoms with Crippen LogP contribution in [0, 0.1) is 5.41 Å². The molecule has 3 heteroatoms. The number of hydrogen-bond acceptors (Lipinski definition) is 2. The van der Waals surface area contributed by atoms with Gasteiger partial charge in [-0.15, -0.1) is 0 Å². The van der Waals surface area contributed by atoms with Crippen molar-refractivity contribution in [1.82, 2.24) is 0 Å². The minimum absolute atomic E-state index is 0.272. The number of benzene rings is 1. The van der Waals surface area contributed by atoms with E-state index < -0.39 is 0 Å². The van der Waals surface area contributed by atoms with E-state index in [1.165, 1.54) is 17.3 Å². The maximum Gasteiger partial charge on any atom is 0.181 e. The number of thioether (sulfide) groups is 1. The maximum atomic E-state index is 7.54. The quantitative estimate of drug-likeness (QED) is 0.788. The molecule has 0 aromatic heterocycles. The van der Waals surface area contributed by atoms with E-state index in [1.54, 1.807) is 0 Å². The van der Waals surface area contributed by atoms with E-state index >= 15 is 0 Å². The topological polar surface area (TPSA) is 36.2 Å². The summed E-state index contributed by atoms with van der Waals surface area (Å²) in [6.45, 7) is 2.09. The molecule has 0 saturated carbocycles. The van der Waals surface area contributed by atoms with Crippen LogP contribution in [0.25, 0.3) is 0 Å². The van der Waals surface area contributed by atoms with Crippen molar-refractivity contribution in [2.24, 2.45) is 4.99 Å². The lowest BCUT2D eigenvalue weighted by atomic mass is 10.1. The van der Waals surface area contributed by atoms with E-state index in [0.717, 1.165) is 12.1 Å². The highest BCUT2D eigenvalue weighted by atomic mass is 32.2. The largest absolute Gasteiger partial charge is 0.277 e. The zero-order valence-electron chi connectivity index (χ0n) is 8.03. The summed E-state index contributed by atoms with van der Waals surface area (Å²) in [5.74, 6) is 0. The molecule has 1 N–H and O–H groups in total. The predicted octanol–water partition coefficient (Wildman–Crippen LogP) is 3.26. The number of aliphatic imine (C=N–C) groups is 1. The minimum Gasteiger partial charge on any atom is -0.277 e. The monoisotopic (exact) mass is 204 g/mol. The number of rotatable bonds is 2. The summed E-state index contributed by atoms with van der Waals surface area (Å²) in [7, 11) is 0. The molecule has 0 aliphatic carbocycles. The first-order valence-electron chi connectivity index (χ1n) is 4.69. The summed E-state index contributed by atoms with van der Waals surface area (Å²) in [5.41, 5.74) is 2.37. The molecule has 0 bridgehead atoms. The SMILES string of the molecule is CCC1=NC(=N)SC1c1ccccc1. The highest BCUT2D eigenvalue weighted by molar-refractivity contribution is 8.15. The van der Waals surface area contributed by atoms with Crippen molar-refractivity contribution in [2.45, 2.75) is 18.6 Å². The summed E-state index contributed by atoms with van der Waals surface area (Å²) in [6, 6.07) is 10.3. The van der Waals surface area contributed by atoms with Crippen LogP contribution in [0.5, 0.6) is 0 Å². The molecule has 0 spiro atoms. The Labute approximate surface area is 88.0 Å². The summed E-state index contributed by atoms with van der Waals surface area (Å²) >= 11 is 1.53. The Morgan fingerprint density at radius 3 is 2.71 bits per heavy atom. The van der Waals surface area contributed by atoms with Crippen LogP contribution in [0.2, 0.25) is 0 Å². The van der Waals surface area contributed by atoms with Gasteiger partial charge in [-0.2, -0.15) is 0 Å². The number of nitrogens with one attached hydrogen (secondary N) is 1. The fraction of sp³-hybridized carbons (Fsp3) is 0.273. The van der Waals surface area contributed by atoms with Crippen molar-refractivity contribution in [2.75, 3.05) is 0 Å². The van der Waals surface area contributed by atoms with E-state index in [-0.39, 0.29) is 5.25 Å². The zero-order chi connectivity index (χ0) is 9.97. The van der Waals surface area contributed by atoms with Gasteiger partial charge in [0.25, 0.3) is 0 Å². The van der Waals surface area contributed by atoms with Crippen molar-refractivity contribution >= 4 is 22.6 Å². The molecule has 0 fully saturated rings. The zero-order valence-corrected chi connectivity index (χ0v) is 8.84. The van der Waals surface area contributed by atoms with Crippen LogP contribution < -0.4 is 0 Å². The Morgan fingerprint density at radius 1 is 1.36 bits per heavy atom. The molecule has 1 aromatic carbocycles. The molecule has 2 rings (SSSR count). The van der Waals surface area contributed by atoms with Gasteiger partial charge < -0.3 is 0 Å². The molecular formula is C11H12N2S. The van der Waals surface area contributed by atoms with Crippen LogP contribution in [-0.4, -0.2) is 10.9 Å². The Balaban J connectivity index is 2.29. The highest BCUT2D eigenvalue weighted by Crippen LogP contribution is 2.37. The van der Waals surface area contributed by atoms with E-state index in [2.05, 4.69) is 24.0 Å². The van der Waals surface area contributed by atoms with Crippen LogP contribution in [0.1, 0.15) is 24.2 Å². The molecule has 1 heterocycles. The van der Waals surface area contributed by atoms with Gasteiger partial charge in [0, 0.05) is 5.71 Å². The Kier molecular flexibility index (Phi) is 2.68. The lowest BCUT2D eigenvalue weighted by Gasteiger charge is -2.09. The van der Waals surface area contributed by atoms with Crippen LogP contribution in [0.3, 0.4) is 0 Å². The molecule has 1 aliphatic heterocycles. The van der Waals surface area contributed by atoms with E-state index in [4.69, 9.17) is 5.41 Å². The highest BCUT2D eigenvalue weighted by Gasteiger charge is 2.25. The van der Waals surface area contributed by atoms with E-state index in [0.29, 0.717) is 5.17 Å². The van der Waals surface area contributed by atoms with Gasteiger partial charge in [0.1, 0.15) is 0 Å². The summed E-state index contributed by atoms with van der Waals surface area (Å²) < 4.78 is 0. The molecule has 0 radical (unpaired) electrons. The third-order valence-electron chi connectivity index (χ3n) is 2.24. The molecule has 0 saturated heterocycles. The number of nitrogens with zero attached hydrogens (tertiary/aromatic N) is 1. The summed E-state index contributed by atoms with van der Waals surface area (Å²) in [4.78, 5) is 4.23. The number of hydrogen-bond donors (Lipinski definition) is 1. The van der Waals surface area contributed by atoms with Gasteiger partial charge in [0.05, 0.1) is 5.25 Å². The molecule has 2 nitrogen and oxygen atoms in total. The van der Waals surface area contributed by atoms with E-state index in [9.17, 15) is 0 Å². The van der Waals surface area contributed by atoms with Crippen LogP contribution in [-0.2, 0) is 0 Å². The van der Waals surface area contributed by atoms with Crippen molar-refractivity contribution < 1.29 is 0 Å². The summed E-state index contributed by atoms with van der Waals surface area (Å²) in [6.07, 6.45) is 0.926. The first kappa shape index (κ1) is 9.46. The maximum absolute atomic E-state index is 7.54.